The maximum Gasteiger partial charge on any atom is 0.221 e. The molecule has 0 radical (unpaired) electrons. The molecule has 1 amide bonds. The summed E-state index contributed by atoms with van der Waals surface area (Å²) < 4.78 is 0. The zero-order chi connectivity index (χ0) is 10.9. The zero-order valence-corrected chi connectivity index (χ0v) is 9.85. The van der Waals surface area contributed by atoms with Crippen molar-refractivity contribution in [3.63, 3.8) is 0 Å². The molecule has 0 spiro atoms. The molecule has 0 aromatic rings. The summed E-state index contributed by atoms with van der Waals surface area (Å²) in [7, 11) is 1.68. The number of hydrogen-bond donors (Lipinski definition) is 2. The van der Waals surface area contributed by atoms with E-state index in [0.717, 1.165) is 19.0 Å². The van der Waals surface area contributed by atoms with Crippen LogP contribution in [0.15, 0.2) is 0 Å². The fraction of sp³-hybridized carbons (Fsp3) is 0.917. The first kappa shape index (κ1) is 12.5. The molecule has 0 atom stereocenters. The van der Waals surface area contributed by atoms with Gasteiger partial charge in [-0.15, -0.1) is 0 Å². The zero-order valence-electron chi connectivity index (χ0n) is 9.85. The number of carbonyl (C=O) groups is 1. The molecule has 0 bridgehead atoms. The third kappa shape index (κ3) is 5.78. The molecule has 3 heteroatoms. The second-order valence-electron chi connectivity index (χ2n) is 4.47. The molecule has 0 aliphatic heterocycles. The summed E-state index contributed by atoms with van der Waals surface area (Å²) in [6, 6.07) is 0. The number of carbonyl (C=O) groups excluding carboxylic acids is 1. The average molecular weight is 212 g/mol. The van der Waals surface area contributed by atoms with Crippen molar-refractivity contribution >= 4 is 5.91 Å². The van der Waals surface area contributed by atoms with Gasteiger partial charge >= 0.3 is 0 Å². The Labute approximate surface area is 93.0 Å². The summed E-state index contributed by atoms with van der Waals surface area (Å²) in [4.78, 5) is 10.9. The minimum absolute atomic E-state index is 0.125. The molecular formula is C12H24N2O. The van der Waals surface area contributed by atoms with Crippen LogP contribution in [0.2, 0.25) is 0 Å². The summed E-state index contributed by atoms with van der Waals surface area (Å²) >= 11 is 0. The van der Waals surface area contributed by atoms with E-state index in [1.54, 1.807) is 7.05 Å². The van der Waals surface area contributed by atoms with Gasteiger partial charge in [0, 0.05) is 20.0 Å². The molecule has 1 rings (SSSR count). The molecule has 1 aliphatic carbocycles. The minimum Gasteiger partial charge on any atom is -0.359 e. The fourth-order valence-electron chi connectivity index (χ4n) is 2.23. The predicted octanol–water partition coefficient (Wildman–Crippen LogP) is 1.68. The van der Waals surface area contributed by atoms with Crippen molar-refractivity contribution in [1.29, 1.82) is 0 Å². The highest BCUT2D eigenvalue weighted by Crippen LogP contribution is 2.25. The van der Waals surface area contributed by atoms with Gasteiger partial charge in [-0.25, -0.2) is 0 Å². The van der Waals surface area contributed by atoms with E-state index in [0.29, 0.717) is 6.42 Å². The van der Waals surface area contributed by atoms with E-state index in [1.165, 1.54) is 38.5 Å². The average Bonchev–Trinajstić information content (AvgIpc) is 2.29. The normalized spacial score (nSPS) is 17.7. The summed E-state index contributed by atoms with van der Waals surface area (Å²) in [5.41, 5.74) is 0. The Kier molecular flexibility index (Phi) is 6.41. The van der Waals surface area contributed by atoms with Gasteiger partial charge in [-0.1, -0.05) is 32.1 Å². The molecule has 0 aromatic heterocycles. The largest absolute Gasteiger partial charge is 0.359 e. The van der Waals surface area contributed by atoms with E-state index in [9.17, 15) is 4.79 Å². The van der Waals surface area contributed by atoms with Crippen molar-refractivity contribution in [2.24, 2.45) is 5.92 Å². The molecule has 0 heterocycles. The molecule has 1 aliphatic rings. The summed E-state index contributed by atoms with van der Waals surface area (Å²) in [6.07, 6.45) is 8.98. The number of hydrogen-bond acceptors (Lipinski definition) is 2. The van der Waals surface area contributed by atoms with Crippen LogP contribution in [0, 0.1) is 5.92 Å². The molecular weight excluding hydrogens is 188 g/mol. The Balaban J connectivity index is 1.89. The van der Waals surface area contributed by atoms with Crippen LogP contribution >= 0.6 is 0 Å². The molecule has 1 saturated carbocycles. The standard InChI is InChI=1S/C12H24N2O/c1-13-12(15)8-10-14-9-7-11-5-3-2-4-6-11/h11,14H,2-10H2,1H3,(H,13,15). The van der Waals surface area contributed by atoms with Crippen LogP contribution in [0.1, 0.15) is 44.9 Å². The number of amides is 1. The Morgan fingerprint density at radius 1 is 1.20 bits per heavy atom. The van der Waals surface area contributed by atoms with Crippen LogP contribution in [-0.4, -0.2) is 26.0 Å². The third-order valence-electron chi connectivity index (χ3n) is 3.26. The van der Waals surface area contributed by atoms with Crippen molar-refractivity contribution in [2.75, 3.05) is 20.1 Å². The smallest absolute Gasteiger partial charge is 0.221 e. The highest BCUT2D eigenvalue weighted by molar-refractivity contribution is 5.75. The molecule has 0 unspecified atom stereocenters. The topological polar surface area (TPSA) is 41.1 Å². The van der Waals surface area contributed by atoms with E-state index in [-0.39, 0.29) is 5.91 Å². The van der Waals surface area contributed by atoms with Crippen molar-refractivity contribution in [3.8, 4) is 0 Å². The van der Waals surface area contributed by atoms with Crippen molar-refractivity contribution in [2.45, 2.75) is 44.9 Å². The molecule has 0 aromatic carbocycles. The van der Waals surface area contributed by atoms with E-state index in [2.05, 4.69) is 10.6 Å². The highest BCUT2D eigenvalue weighted by Gasteiger charge is 2.12. The lowest BCUT2D eigenvalue weighted by molar-refractivity contribution is -0.120. The Hall–Kier alpha value is -0.570. The van der Waals surface area contributed by atoms with Gasteiger partial charge in [-0.05, 0) is 18.9 Å². The summed E-state index contributed by atoms with van der Waals surface area (Å²) in [6.45, 7) is 1.88. The van der Waals surface area contributed by atoms with Crippen LogP contribution in [0.5, 0.6) is 0 Å². The molecule has 15 heavy (non-hydrogen) atoms. The Morgan fingerprint density at radius 2 is 1.93 bits per heavy atom. The first-order valence-corrected chi connectivity index (χ1v) is 6.24. The van der Waals surface area contributed by atoms with Gasteiger partial charge in [0.05, 0.1) is 0 Å². The van der Waals surface area contributed by atoms with E-state index < -0.39 is 0 Å². The quantitative estimate of drug-likeness (QED) is 0.658. The van der Waals surface area contributed by atoms with Gasteiger partial charge in [0.2, 0.25) is 5.91 Å². The molecule has 3 nitrogen and oxygen atoms in total. The molecule has 0 saturated heterocycles. The van der Waals surface area contributed by atoms with Crippen LogP contribution in [0.25, 0.3) is 0 Å². The van der Waals surface area contributed by atoms with Crippen molar-refractivity contribution in [1.82, 2.24) is 10.6 Å². The molecule has 2 N–H and O–H groups in total. The summed E-state index contributed by atoms with van der Waals surface area (Å²) in [5, 5.41) is 5.96. The number of nitrogens with one attached hydrogen (secondary N) is 2. The first-order chi connectivity index (χ1) is 7.33. The van der Waals surface area contributed by atoms with Crippen LogP contribution in [0.4, 0.5) is 0 Å². The van der Waals surface area contributed by atoms with Gasteiger partial charge < -0.3 is 10.6 Å². The lowest BCUT2D eigenvalue weighted by Gasteiger charge is -2.21. The van der Waals surface area contributed by atoms with Crippen LogP contribution < -0.4 is 10.6 Å². The van der Waals surface area contributed by atoms with Gasteiger partial charge in [0.15, 0.2) is 0 Å². The Morgan fingerprint density at radius 3 is 2.60 bits per heavy atom. The van der Waals surface area contributed by atoms with Crippen LogP contribution in [-0.2, 0) is 4.79 Å². The van der Waals surface area contributed by atoms with Crippen molar-refractivity contribution in [3.05, 3.63) is 0 Å². The lowest BCUT2D eigenvalue weighted by atomic mass is 9.87. The second kappa shape index (κ2) is 7.69. The summed E-state index contributed by atoms with van der Waals surface area (Å²) in [5.74, 6) is 1.06. The van der Waals surface area contributed by atoms with Gasteiger partial charge in [-0.2, -0.15) is 0 Å². The van der Waals surface area contributed by atoms with E-state index in [1.807, 2.05) is 0 Å². The second-order valence-corrected chi connectivity index (χ2v) is 4.47. The third-order valence-corrected chi connectivity index (χ3v) is 3.26. The molecule has 1 fully saturated rings. The minimum atomic E-state index is 0.125. The maximum atomic E-state index is 10.9. The SMILES string of the molecule is CNC(=O)CCNCCC1CCCCC1. The van der Waals surface area contributed by atoms with Gasteiger partial charge in [0.25, 0.3) is 0 Å². The fourth-order valence-corrected chi connectivity index (χ4v) is 2.23. The van der Waals surface area contributed by atoms with E-state index in [4.69, 9.17) is 0 Å². The van der Waals surface area contributed by atoms with Gasteiger partial charge in [-0.3, -0.25) is 4.79 Å². The first-order valence-electron chi connectivity index (χ1n) is 6.24. The monoisotopic (exact) mass is 212 g/mol. The van der Waals surface area contributed by atoms with Crippen molar-refractivity contribution < 1.29 is 4.79 Å². The number of rotatable bonds is 6. The Bertz CT molecular complexity index is 176. The maximum absolute atomic E-state index is 10.9. The molecule has 88 valence electrons. The van der Waals surface area contributed by atoms with Crippen LogP contribution in [0.3, 0.4) is 0 Å². The predicted molar refractivity (Wildman–Crippen MR) is 62.7 cm³/mol. The van der Waals surface area contributed by atoms with Gasteiger partial charge in [0.1, 0.15) is 0 Å². The lowest BCUT2D eigenvalue weighted by Crippen LogP contribution is -2.26. The van der Waals surface area contributed by atoms with E-state index >= 15 is 0 Å². The highest BCUT2D eigenvalue weighted by atomic mass is 16.1.